The molecule has 2 aromatic carbocycles. The summed E-state index contributed by atoms with van der Waals surface area (Å²) >= 11 is 7.12. The predicted octanol–water partition coefficient (Wildman–Crippen LogP) is 5.29. The summed E-state index contributed by atoms with van der Waals surface area (Å²) in [6, 6.07) is 11.2. The van der Waals surface area contributed by atoms with Crippen LogP contribution in [0.2, 0.25) is 5.02 Å². The van der Waals surface area contributed by atoms with Gasteiger partial charge >= 0.3 is 0 Å². The molecule has 1 heterocycles. The van der Waals surface area contributed by atoms with Gasteiger partial charge in [-0.25, -0.2) is 0 Å². The minimum atomic E-state index is 0.0613. The highest BCUT2D eigenvalue weighted by Crippen LogP contribution is 2.26. The summed E-state index contributed by atoms with van der Waals surface area (Å²) in [5.74, 6) is 0.730. The lowest BCUT2D eigenvalue weighted by Gasteiger charge is -2.09. The third-order valence-electron chi connectivity index (χ3n) is 3.78. The molecule has 25 heavy (non-hydrogen) atoms. The summed E-state index contributed by atoms with van der Waals surface area (Å²) in [4.78, 5) is 12.6. The second-order valence-corrected chi connectivity index (χ2v) is 7.23. The molecule has 4 nitrogen and oxygen atoms in total. The van der Waals surface area contributed by atoms with Crippen molar-refractivity contribution in [1.29, 1.82) is 0 Å². The number of hydrogen-bond acceptors (Lipinski definition) is 5. The van der Waals surface area contributed by atoms with Gasteiger partial charge in [0.1, 0.15) is 0 Å². The first kappa shape index (κ1) is 17.7. The minimum Gasteiger partial charge on any atom is -0.411 e. The van der Waals surface area contributed by atoms with Crippen molar-refractivity contribution in [3.8, 4) is 11.5 Å². The number of aromatic nitrogens is 2. The number of rotatable bonds is 5. The van der Waals surface area contributed by atoms with Gasteiger partial charge in [0.25, 0.3) is 5.22 Å². The van der Waals surface area contributed by atoms with Gasteiger partial charge in [0.15, 0.2) is 5.78 Å². The van der Waals surface area contributed by atoms with E-state index >= 15 is 0 Å². The molecule has 0 amide bonds. The van der Waals surface area contributed by atoms with E-state index in [0.717, 1.165) is 27.8 Å². The number of carbonyl (C=O) groups is 1. The van der Waals surface area contributed by atoms with E-state index in [0.29, 0.717) is 16.1 Å². The molecule has 0 unspecified atom stereocenters. The Hall–Kier alpha value is -2.11. The maximum atomic E-state index is 12.6. The molecule has 1 aromatic heterocycles. The van der Waals surface area contributed by atoms with E-state index in [1.165, 1.54) is 11.8 Å². The largest absolute Gasteiger partial charge is 0.411 e. The van der Waals surface area contributed by atoms with Crippen molar-refractivity contribution in [3.63, 3.8) is 0 Å². The standard InChI is InChI=1S/C19H17ClN2O2S/c1-11-8-12(2)17(13(3)9-11)16(23)10-25-19-22-21-18(24-19)14-4-6-15(20)7-5-14/h4-9H,10H2,1-3H3. The molecule has 0 spiro atoms. The second kappa shape index (κ2) is 7.42. The maximum absolute atomic E-state index is 12.6. The van der Waals surface area contributed by atoms with E-state index in [1.54, 1.807) is 12.1 Å². The Morgan fingerprint density at radius 3 is 2.36 bits per heavy atom. The van der Waals surface area contributed by atoms with Crippen LogP contribution in [-0.2, 0) is 0 Å². The van der Waals surface area contributed by atoms with Gasteiger partial charge in [0.05, 0.1) is 5.75 Å². The second-order valence-electron chi connectivity index (χ2n) is 5.87. The summed E-state index contributed by atoms with van der Waals surface area (Å²) < 4.78 is 5.62. The molecule has 6 heteroatoms. The molecule has 3 rings (SSSR count). The third kappa shape index (κ3) is 4.11. The average Bonchev–Trinajstić information content (AvgIpc) is 3.01. The van der Waals surface area contributed by atoms with Gasteiger partial charge in [0, 0.05) is 16.1 Å². The molecule has 0 bridgehead atoms. The molecule has 0 N–H and O–H groups in total. The molecule has 0 aliphatic heterocycles. The molecule has 0 aliphatic rings. The fourth-order valence-electron chi connectivity index (χ4n) is 2.80. The SMILES string of the molecule is Cc1cc(C)c(C(=O)CSc2nnc(-c3ccc(Cl)cc3)o2)c(C)c1. The van der Waals surface area contributed by atoms with E-state index in [2.05, 4.69) is 10.2 Å². The fourth-order valence-corrected chi connectivity index (χ4v) is 3.56. The van der Waals surface area contributed by atoms with Crippen LogP contribution in [-0.4, -0.2) is 21.7 Å². The van der Waals surface area contributed by atoms with Gasteiger partial charge in [-0.2, -0.15) is 0 Å². The van der Waals surface area contributed by atoms with Crippen LogP contribution >= 0.6 is 23.4 Å². The normalized spacial score (nSPS) is 10.9. The zero-order chi connectivity index (χ0) is 18.0. The molecule has 0 saturated carbocycles. The molecule has 3 aromatic rings. The highest BCUT2D eigenvalue weighted by Gasteiger charge is 2.16. The Kier molecular flexibility index (Phi) is 5.25. The quantitative estimate of drug-likeness (QED) is 0.450. The van der Waals surface area contributed by atoms with Gasteiger partial charge in [-0.05, 0) is 56.2 Å². The zero-order valence-electron chi connectivity index (χ0n) is 14.2. The number of thioether (sulfide) groups is 1. The number of ketones is 1. The molecule has 0 saturated heterocycles. The average molecular weight is 373 g/mol. The van der Waals surface area contributed by atoms with Crippen LogP contribution in [0, 0.1) is 20.8 Å². The number of benzene rings is 2. The van der Waals surface area contributed by atoms with Gasteiger partial charge < -0.3 is 4.42 Å². The summed E-state index contributed by atoms with van der Waals surface area (Å²) in [6.45, 7) is 5.95. The molecular weight excluding hydrogens is 356 g/mol. The van der Waals surface area contributed by atoms with Gasteiger partial charge in [0.2, 0.25) is 5.89 Å². The Morgan fingerprint density at radius 1 is 1.08 bits per heavy atom. The third-order valence-corrected chi connectivity index (χ3v) is 4.85. The number of halogens is 1. The van der Waals surface area contributed by atoms with Crippen LogP contribution < -0.4 is 0 Å². The molecule has 0 aliphatic carbocycles. The monoisotopic (exact) mass is 372 g/mol. The summed E-state index contributed by atoms with van der Waals surface area (Å²) in [5, 5.41) is 9.04. The van der Waals surface area contributed by atoms with Crippen LogP contribution in [0.25, 0.3) is 11.5 Å². The first-order valence-corrected chi connectivity index (χ1v) is 9.13. The smallest absolute Gasteiger partial charge is 0.277 e. The van der Waals surface area contributed by atoms with Crippen molar-refractivity contribution in [3.05, 3.63) is 63.7 Å². The Balaban J connectivity index is 1.70. The molecule has 0 fully saturated rings. The van der Waals surface area contributed by atoms with E-state index in [1.807, 2.05) is 45.0 Å². The van der Waals surface area contributed by atoms with Crippen LogP contribution in [0.5, 0.6) is 0 Å². The molecular formula is C19H17ClN2O2S. The van der Waals surface area contributed by atoms with Crippen molar-refractivity contribution in [2.24, 2.45) is 0 Å². The first-order chi connectivity index (χ1) is 11.9. The summed E-state index contributed by atoms with van der Waals surface area (Å²) in [7, 11) is 0. The lowest BCUT2D eigenvalue weighted by Crippen LogP contribution is -2.07. The van der Waals surface area contributed by atoms with Crippen LogP contribution in [0.4, 0.5) is 0 Å². The zero-order valence-corrected chi connectivity index (χ0v) is 15.7. The lowest BCUT2D eigenvalue weighted by molar-refractivity contribution is 0.102. The van der Waals surface area contributed by atoms with Crippen molar-refractivity contribution in [1.82, 2.24) is 10.2 Å². The van der Waals surface area contributed by atoms with E-state index in [4.69, 9.17) is 16.0 Å². The van der Waals surface area contributed by atoms with Crippen molar-refractivity contribution in [2.75, 3.05) is 5.75 Å². The van der Waals surface area contributed by atoms with Gasteiger partial charge in [-0.15, -0.1) is 10.2 Å². The van der Waals surface area contributed by atoms with Crippen LogP contribution in [0.1, 0.15) is 27.0 Å². The summed E-state index contributed by atoms with van der Waals surface area (Å²) in [5.41, 5.74) is 4.71. The molecule has 128 valence electrons. The van der Waals surface area contributed by atoms with Crippen molar-refractivity contribution >= 4 is 29.1 Å². The maximum Gasteiger partial charge on any atom is 0.277 e. The predicted molar refractivity (Wildman–Crippen MR) is 100 cm³/mol. The highest BCUT2D eigenvalue weighted by atomic mass is 35.5. The Labute approximate surface area is 155 Å². The van der Waals surface area contributed by atoms with Crippen molar-refractivity contribution < 1.29 is 9.21 Å². The van der Waals surface area contributed by atoms with E-state index in [9.17, 15) is 4.79 Å². The van der Waals surface area contributed by atoms with Gasteiger partial charge in [-0.3, -0.25) is 4.79 Å². The van der Waals surface area contributed by atoms with Crippen LogP contribution in [0.3, 0.4) is 0 Å². The Bertz CT molecular complexity index is 896. The molecule has 0 atom stereocenters. The van der Waals surface area contributed by atoms with Gasteiger partial charge in [-0.1, -0.05) is 41.1 Å². The molecule has 0 radical (unpaired) electrons. The lowest BCUT2D eigenvalue weighted by atomic mass is 9.97. The minimum absolute atomic E-state index is 0.0613. The van der Waals surface area contributed by atoms with Crippen molar-refractivity contribution in [2.45, 2.75) is 26.0 Å². The topological polar surface area (TPSA) is 56.0 Å². The van der Waals surface area contributed by atoms with Crippen LogP contribution in [0.15, 0.2) is 46.0 Å². The number of Topliss-reactive ketones (excluding diaryl/α,β-unsaturated/α-hetero) is 1. The highest BCUT2D eigenvalue weighted by molar-refractivity contribution is 7.99. The summed E-state index contributed by atoms with van der Waals surface area (Å²) in [6.07, 6.45) is 0. The van der Waals surface area contributed by atoms with E-state index in [-0.39, 0.29) is 11.5 Å². The number of aryl methyl sites for hydroxylation is 3. The number of carbonyl (C=O) groups excluding carboxylic acids is 1. The Morgan fingerprint density at radius 2 is 1.72 bits per heavy atom. The number of hydrogen-bond donors (Lipinski definition) is 0. The fraction of sp³-hybridized carbons (Fsp3) is 0.211. The first-order valence-electron chi connectivity index (χ1n) is 7.77. The number of nitrogens with zero attached hydrogens (tertiary/aromatic N) is 2. The van der Waals surface area contributed by atoms with E-state index < -0.39 is 0 Å².